The van der Waals surface area contributed by atoms with Gasteiger partial charge in [0.05, 0.1) is 11.6 Å². The van der Waals surface area contributed by atoms with E-state index in [1.165, 1.54) is 0 Å². The van der Waals surface area contributed by atoms with Gasteiger partial charge in [-0.05, 0) is 11.5 Å². The zero-order chi connectivity index (χ0) is 15.1. The van der Waals surface area contributed by atoms with Crippen LogP contribution < -0.4 is 5.32 Å². The molecule has 1 aromatic carbocycles. The summed E-state index contributed by atoms with van der Waals surface area (Å²) in [5.41, 5.74) is 1.95. The van der Waals surface area contributed by atoms with Crippen LogP contribution in [0.15, 0.2) is 48.9 Å². The van der Waals surface area contributed by atoms with Crippen molar-refractivity contribution in [3.8, 4) is 0 Å². The van der Waals surface area contributed by atoms with E-state index in [0.29, 0.717) is 13.0 Å². The van der Waals surface area contributed by atoms with Gasteiger partial charge in [-0.2, -0.15) is 0 Å². The Bertz CT molecular complexity index is 555. The summed E-state index contributed by atoms with van der Waals surface area (Å²) < 4.78 is 0. The maximum atomic E-state index is 12.4. The third kappa shape index (κ3) is 4.38. The number of amides is 1. The summed E-state index contributed by atoms with van der Waals surface area (Å²) in [4.78, 5) is 20.6. The van der Waals surface area contributed by atoms with Crippen molar-refractivity contribution in [1.29, 1.82) is 0 Å². The quantitative estimate of drug-likeness (QED) is 0.886. The molecule has 0 bridgehead atoms. The maximum Gasteiger partial charge on any atom is 0.227 e. The van der Waals surface area contributed by atoms with Gasteiger partial charge in [0.15, 0.2) is 0 Å². The summed E-state index contributed by atoms with van der Waals surface area (Å²) in [5.74, 6) is 0.206. The van der Waals surface area contributed by atoms with Crippen LogP contribution in [0.1, 0.15) is 31.0 Å². The van der Waals surface area contributed by atoms with E-state index in [0.717, 1.165) is 11.3 Å². The fraction of sp³-hybridized carbons (Fsp3) is 0.353. The summed E-state index contributed by atoms with van der Waals surface area (Å²) in [5, 5.41) is 3.00. The molecule has 0 aliphatic heterocycles. The number of nitrogens with zero attached hydrogens (tertiary/aromatic N) is 2. The Kier molecular flexibility index (Phi) is 5.43. The third-order valence-corrected chi connectivity index (χ3v) is 3.40. The molecule has 0 aliphatic carbocycles. The van der Waals surface area contributed by atoms with E-state index in [2.05, 4.69) is 29.1 Å². The first-order valence-electron chi connectivity index (χ1n) is 7.26. The fourth-order valence-electron chi connectivity index (χ4n) is 2.38. The van der Waals surface area contributed by atoms with Gasteiger partial charge in [-0.15, -0.1) is 0 Å². The Morgan fingerprint density at radius 1 is 1.19 bits per heavy atom. The molecule has 1 aromatic heterocycles. The summed E-state index contributed by atoms with van der Waals surface area (Å²) in [6.45, 7) is 4.72. The Balaban J connectivity index is 1.94. The number of aromatic nitrogens is 2. The molecule has 1 heterocycles. The molecule has 21 heavy (non-hydrogen) atoms. The van der Waals surface area contributed by atoms with Crippen molar-refractivity contribution in [3.05, 3.63) is 60.2 Å². The number of hydrogen-bond acceptors (Lipinski definition) is 3. The standard InChI is InChI=1S/C17H21N3O/c1-13(2)16(14-6-4-3-5-7-14)17(21)20-9-8-15-12-18-10-11-19-15/h3-7,10-13,16H,8-9H2,1-2H3,(H,20,21)/t16-/m0/s1. The molecule has 110 valence electrons. The molecule has 0 saturated heterocycles. The third-order valence-electron chi connectivity index (χ3n) is 3.40. The molecule has 0 radical (unpaired) electrons. The molecule has 0 saturated carbocycles. The number of hydrogen-bond donors (Lipinski definition) is 1. The predicted molar refractivity (Wildman–Crippen MR) is 82.8 cm³/mol. The van der Waals surface area contributed by atoms with E-state index in [1.54, 1.807) is 18.6 Å². The highest BCUT2D eigenvalue weighted by atomic mass is 16.1. The molecule has 0 fully saturated rings. The van der Waals surface area contributed by atoms with Crippen LogP contribution >= 0.6 is 0 Å². The van der Waals surface area contributed by atoms with Gasteiger partial charge in [-0.25, -0.2) is 0 Å². The number of carbonyl (C=O) groups is 1. The minimum absolute atomic E-state index is 0.0695. The number of carbonyl (C=O) groups excluding carboxylic acids is 1. The summed E-state index contributed by atoms with van der Waals surface area (Å²) in [6.07, 6.45) is 5.73. The van der Waals surface area contributed by atoms with Gasteiger partial charge < -0.3 is 5.32 Å². The average molecular weight is 283 g/mol. The van der Waals surface area contributed by atoms with E-state index in [1.807, 2.05) is 30.3 Å². The van der Waals surface area contributed by atoms with Crippen LogP contribution in [0.5, 0.6) is 0 Å². The lowest BCUT2D eigenvalue weighted by molar-refractivity contribution is -0.123. The molecule has 4 heteroatoms. The molecule has 4 nitrogen and oxygen atoms in total. The second-order valence-corrected chi connectivity index (χ2v) is 5.37. The monoisotopic (exact) mass is 283 g/mol. The highest BCUT2D eigenvalue weighted by Gasteiger charge is 2.23. The fourth-order valence-corrected chi connectivity index (χ4v) is 2.38. The lowest BCUT2D eigenvalue weighted by atomic mass is 9.87. The van der Waals surface area contributed by atoms with Crippen molar-refractivity contribution in [3.63, 3.8) is 0 Å². The van der Waals surface area contributed by atoms with Crippen LogP contribution in [0.3, 0.4) is 0 Å². The Morgan fingerprint density at radius 3 is 2.57 bits per heavy atom. The van der Waals surface area contributed by atoms with E-state index in [-0.39, 0.29) is 17.7 Å². The van der Waals surface area contributed by atoms with Gasteiger partial charge in [0.25, 0.3) is 0 Å². The Morgan fingerprint density at radius 2 is 1.95 bits per heavy atom. The van der Waals surface area contributed by atoms with Crippen molar-refractivity contribution >= 4 is 5.91 Å². The van der Waals surface area contributed by atoms with Crippen LogP contribution in [0.25, 0.3) is 0 Å². The molecule has 0 spiro atoms. The van der Waals surface area contributed by atoms with E-state index in [4.69, 9.17) is 0 Å². The van der Waals surface area contributed by atoms with Crippen LogP contribution in [-0.2, 0) is 11.2 Å². The maximum absolute atomic E-state index is 12.4. The average Bonchev–Trinajstić information content (AvgIpc) is 2.49. The number of rotatable bonds is 6. The summed E-state index contributed by atoms with van der Waals surface area (Å²) in [7, 11) is 0. The first-order chi connectivity index (χ1) is 10.2. The molecule has 0 unspecified atom stereocenters. The molecule has 1 amide bonds. The first kappa shape index (κ1) is 15.2. The normalized spacial score (nSPS) is 12.1. The van der Waals surface area contributed by atoms with Gasteiger partial charge in [0.2, 0.25) is 5.91 Å². The highest BCUT2D eigenvalue weighted by molar-refractivity contribution is 5.83. The predicted octanol–water partition coefficient (Wildman–Crippen LogP) is 2.58. The largest absolute Gasteiger partial charge is 0.355 e. The zero-order valence-electron chi connectivity index (χ0n) is 12.5. The van der Waals surface area contributed by atoms with Gasteiger partial charge in [0, 0.05) is 31.6 Å². The smallest absolute Gasteiger partial charge is 0.227 e. The second kappa shape index (κ2) is 7.53. The minimum Gasteiger partial charge on any atom is -0.355 e. The number of benzene rings is 1. The minimum atomic E-state index is -0.118. The first-order valence-corrected chi connectivity index (χ1v) is 7.26. The van der Waals surface area contributed by atoms with Crippen LogP contribution in [0.4, 0.5) is 0 Å². The van der Waals surface area contributed by atoms with E-state index < -0.39 is 0 Å². The lowest BCUT2D eigenvalue weighted by Gasteiger charge is -2.20. The van der Waals surface area contributed by atoms with Crippen LogP contribution in [0, 0.1) is 5.92 Å². The van der Waals surface area contributed by atoms with E-state index >= 15 is 0 Å². The Labute approximate surface area is 125 Å². The lowest BCUT2D eigenvalue weighted by Crippen LogP contribution is -2.33. The van der Waals surface area contributed by atoms with Crippen molar-refractivity contribution in [1.82, 2.24) is 15.3 Å². The summed E-state index contributed by atoms with van der Waals surface area (Å²) >= 11 is 0. The van der Waals surface area contributed by atoms with Crippen LogP contribution in [0.2, 0.25) is 0 Å². The summed E-state index contributed by atoms with van der Waals surface area (Å²) in [6, 6.07) is 9.92. The molecular formula is C17H21N3O. The zero-order valence-corrected chi connectivity index (χ0v) is 12.5. The van der Waals surface area contributed by atoms with Gasteiger partial charge >= 0.3 is 0 Å². The molecule has 1 atom stereocenters. The van der Waals surface area contributed by atoms with Gasteiger partial charge in [-0.1, -0.05) is 44.2 Å². The van der Waals surface area contributed by atoms with Crippen molar-refractivity contribution < 1.29 is 4.79 Å². The topological polar surface area (TPSA) is 54.9 Å². The molecule has 2 aromatic rings. The van der Waals surface area contributed by atoms with Crippen molar-refractivity contribution in [2.24, 2.45) is 5.92 Å². The molecule has 1 N–H and O–H groups in total. The SMILES string of the molecule is CC(C)[C@H](C(=O)NCCc1cnccn1)c1ccccc1. The van der Waals surface area contributed by atoms with Crippen molar-refractivity contribution in [2.45, 2.75) is 26.2 Å². The highest BCUT2D eigenvalue weighted by Crippen LogP contribution is 2.24. The molecular weight excluding hydrogens is 262 g/mol. The van der Waals surface area contributed by atoms with Gasteiger partial charge in [-0.3, -0.25) is 14.8 Å². The van der Waals surface area contributed by atoms with Crippen LogP contribution in [-0.4, -0.2) is 22.4 Å². The van der Waals surface area contributed by atoms with Gasteiger partial charge in [0.1, 0.15) is 0 Å². The second-order valence-electron chi connectivity index (χ2n) is 5.37. The van der Waals surface area contributed by atoms with Crippen molar-refractivity contribution in [2.75, 3.05) is 6.54 Å². The van der Waals surface area contributed by atoms with E-state index in [9.17, 15) is 4.79 Å². The molecule has 0 aliphatic rings. The Hall–Kier alpha value is -2.23. The number of nitrogens with one attached hydrogen (secondary N) is 1. The molecule has 2 rings (SSSR count).